The van der Waals surface area contributed by atoms with E-state index in [1.165, 1.54) is 5.56 Å². The molecule has 3 rings (SSSR count). The highest BCUT2D eigenvalue weighted by atomic mass is 127. The van der Waals surface area contributed by atoms with Gasteiger partial charge in [0.2, 0.25) is 0 Å². The Balaban J connectivity index is 0.00000261. The number of aliphatic imine (C=N–C) groups is 1. The van der Waals surface area contributed by atoms with E-state index in [2.05, 4.69) is 46.3 Å². The number of hydrogen-bond acceptors (Lipinski definition) is 2. The Morgan fingerprint density at radius 1 is 1.15 bits per heavy atom. The molecule has 0 amide bonds. The number of nitrogens with two attached hydrogens (primary N) is 1. The number of halogens is 1. The summed E-state index contributed by atoms with van der Waals surface area (Å²) in [7, 11) is 0. The molecule has 142 valence electrons. The fourth-order valence-corrected chi connectivity index (χ4v) is 2.69. The molecular weight excluding hydrogens is 449 g/mol. The standard InChI is InChI=1S/C21H25N5.HI/c1-3-15(2)16-9-11-18(12-10-16)25-21(22)24-14-20-23-13-19(26-20)17-7-5-4-6-8-17;/h4-13,15H,3,14H2,1-2H3,(H,23,26)(H3,22,24,25);1H. The van der Waals surface area contributed by atoms with Crippen molar-refractivity contribution in [2.75, 3.05) is 5.32 Å². The maximum absolute atomic E-state index is 5.99. The number of anilines is 1. The van der Waals surface area contributed by atoms with Crippen molar-refractivity contribution in [2.24, 2.45) is 10.7 Å². The lowest BCUT2D eigenvalue weighted by molar-refractivity contribution is 0.734. The highest BCUT2D eigenvalue weighted by Gasteiger charge is 2.04. The zero-order valence-electron chi connectivity index (χ0n) is 15.6. The molecule has 0 fully saturated rings. The van der Waals surface area contributed by atoms with Crippen LogP contribution >= 0.6 is 24.0 Å². The molecule has 1 heterocycles. The second-order valence-corrected chi connectivity index (χ2v) is 6.37. The fraction of sp³-hybridized carbons (Fsp3) is 0.238. The highest BCUT2D eigenvalue weighted by Crippen LogP contribution is 2.20. The molecule has 0 aliphatic carbocycles. The molecule has 5 nitrogen and oxygen atoms in total. The van der Waals surface area contributed by atoms with Crippen LogP contribution in [0.25, 0.3) is 11.3 Å². The average molecular weight is 475 g/mol. The van der Waals surface area contributed by atoms with Crippen LogP contribution in [0.1, 0.15) is 37.6 Å². The predicted octanol–water partition coefficient (Wildman–Crippen LogP) is 5.14. The third-order valence-corrected chi connectivity index (χ3v) is 4.48. The van der Waals surface area contributed by atoms with Crippen LogP contribution in [0.5, 0.6) is 0 Å². The number of imidazole rings is 1. The van der Waals surface area contributed by atoms with Crippen LogP contribution < -0.4 is 11.1 Å². The Bertz CT molecular complexity index is 856. The molecule has 6 heteroatoms. The number of guanidine groups is 1. The average Bonchev–Trinajstić information content (AvgIpc) is 3.16. The summed E-state index contributed by atoms with van der Waals surface area (Å²) < 4.78 is 0. The van der Waals surface area contributed by atoms with Crippen molar-refractivity contribution >= 4 is 35.6 Å². The number of nitrogens with zero attached hydrogens (tertiary/aromatic N) is 2. The molecule has 2 aromatic carbocycles. The highest BCUT2D eigenvalue weighted by molar-refractivity contribution is 14.0. The van der Waals surface area contributed by atoms with Gasteiger partial charge >= 0.3 is 0 Å². The normalized spacial score (nSPS) is 12.3. The van der Waals surface area contributed by atoms with E-state index in [0.717, 1.165) is 29.2 Å². The predicted molar refractivity (Wildman–Crippen MR) is 124 cm³/mol. The third kappa shape index (κ3) is 5.82. The lowest BCUT2D eigenvalue weighted by atomic mass is 9.99. The molecule has 1 unspecified atom stereocenters. The SMILES string of the molecule is CCC(C)c1ccc(NC(N)=NCc2ncc(-c3ccccc3)[nH]2)cc1.I. The van der Waals surface area contributed by atoms with Crippen molar-refractivity contribution in [2.45, 2.75) is 32.7 Å². The lowest BCUT2D eigenvalue weighted by Gasteiger charge is -2.10. The minimum Gasteiger partial charge on any atom is -0.370 e. The first-order valence-corrected chi connectivity index (χ1v) is 8.92. The Hall–Kier alpha value is -2.35. The number of H-pyrrole nitrogens is 1. The van der Waals surface area contributed by atoms with E-state index in [1.54, 1.807) is 0 Å². The smallest absolute Gasteiger partial charge is 0.193 e. The number of aromatic nitrogens is 2. The van der Waals surface area contributed by atoms with Crippen LogP contribution in [0.15, 0.2) is 65.8 Å². The molecule has 0 saturated carbocycles. The number of rotatable bonds is 6. The summed E-state index contributed by atoms with van der Waals surface area (Å²) in [6.07, 6.45) is 2.95. The summed E-state index contributed by atoms with van der Waals surface area (Å²) >= 11 is 0. The summed E-state index contributed by atoms with van der Waals surface area (Å²) in [6, 6.07) is 18.4. The Labute approximate surface area is 177 Å². The number of benzene rings is 2. The third-order valence-electron chi connectivity index (χ3n) is 4.48. The fourth-order valence-electron chi connectivity index (χ4n) is 2.69. The largest absolute Gasteiger partial charge is 0.370 e. The zero-order chi connectivity index (χ0) is 18.4. The van der Waals surface area contributed by atoms with Gasteiger partial charge in [-0.25, -0.2) is 9.98 Å². The maximum Gasteiger partial charge on any atom is 0.193 e. The van der Waals surface area contributed by atoms with Crippen LogP contribution in [-0.2, 0) is 6.54 Å². The molecule has 0 aliphatic rings. The Morgan fingerprint density at radius 3 is 2.52 bits per heavy atom. The second kappa shape index (κ2) is 10.1. The van der Waals surface area contributed by atoms with Gasteiger partial charge in [0.1, 0.15) is 12.4 Å². The maximum atomic E-state index is 5.99. The van der Waals surface area contributed by atoms with Gasteiger partial charge in [-0.05, 0) is 35.6 Å². The first-order valence-electron chi connectivity index (χ1n) is 8.92. The molecule has 3 aromatic rings. The van der Waals surface area contributed by atoms with Gasteiger partial charge in [0.25, 0.3) is 0 Å². The molecule has 27 heavy (non-hydrogen) atoms. The Kier molecular flexibility index (Phi) is 7.84. The summed E-state index contributed by atoms with van der Waals surface area (Å²) in [5.74, 6) is 1.72. The lowest BCUT2D eigenvalue weighted by Crippen LogP contribution is -2.22. The molecule has 0 spiro atoms. The van der Waals surface area contributed by atoms with E-state index >= 15 is 0 Å². The van der Waals surface area contributed by atoms with Crippen LogP contribution in [0.2, 0.25) is 0 Å². The van der Waals surface area contributed by atoms with Crippen molar-refractivity contribution in [1.29, 1.82) is 0 Å². The molecule has 0 radical (unpaired) electrons. The molecule has 0 bridgehead atoms. The van der Waals surface area contributed by atoms with E-state index in [0.29, 0.717) is 18.4 Å². The minimum absolute atomic E-state index is 0. The molecule has 4 N–H and O–H groups in total. The summed E-state index contributed by atoms with van der Waals surface area (Å²) in [5, 5.41) is 3.12. The number of nitrogens with one attached hydrogen (secondary N) is 2. The van der Waals surface area contributed by atoms with Gasteiger partial charge in [0.05, 0.1) is 11.9 Å². The van der Waals surface area contributed by atoms with Crippen molar-refractivity contribution in [3.63, 3.8) is 0 Å². The van der Waals surface area contributed by atoms with Gasteiger partial charge in [0, 0.05) is 5.69 Å². The van der Waals surface area contributed by atoms with Gasteiger partial charge < -0.3 is 16.0 Å². The van der Waals surface area contributed by atoms with E-state index in [-0.39, 0.29) is 24.0 Å². The van der Waals surface area contributed by atoms with E-state index in [4.69, 9.17) is 5.73 Å². The first kappa shape index (κ1) is 21.0. The summed E-state index contributed by atoms with van der Waals surface area (Å²) in [4.78, 5) is 12.0. The quantitative estimate of drug-likeness (QED) is 0.263. The molecule has 1 atom stereocenters. The summed E-state index contributed by atoms with van der Waals surface area (Å²) in [6.45, 7) is 4.82. The van der Waals surface area contributed by atoms with E-state index in [1.807, 2.05) is 48.7 Å². The zero-order valence-corrected chi connectivity index (χ0v) is 18.0. The first-order chi connectivity index (χ1) is 12.7. The van der Waals surface area contributed by atoms with Crippen molar-refractivity contribution in [1.82, 2.24) is 9.97 Å². The molecule has 0 saturated heterocycles. The van der Waals surface area contributed by atoms with Crippen LogP contribution in [0.3, 0.4) is 0 Å². The van der Waals surface area contributed by atoms with E-state index < -0.39 is 0 Å². The number of aromatic amines is 1. The van der Waals surface area contributed by atoms with Gasteiger partial charge in [0.15, 0.2) is 5.96 Å². The number of hydrogen-bond donors (Lipinski definition) is 3. The van der Waals surface area contributed by atoms with Crippen molar-refractivity contribution in [3.8, 4) is 11.3 Å². The van der Waals surface area contributed by atoms with Crippen LogP contribution in [0.4, 0.5) is 5.69 Å². The van der Waals surface area contributed by atoms with Crippen LogP contribution in [-0.4, -0.2) is 15.9 Å². The van der Waals surface area contributed by atoms with Gasteiger partial charge in [-0.3, -0.25) is 0 Å². The molecule has 0 aliphatic heterocycles. The second-order valence-electron chi connectivity index (χ2n) is 6.37. The van der Waals surface area contributed by atoms with Crippen molar-refractivity contribution < 1.29 is 0 Å². The Morgan fingerprint density at radius 2 is 1.85 bits per heavy atom. The summed E-state index contributed by atoms with van der Waals surface area (Å²) in [5.41, 5.74) is 10.3. The monoisotopic (exact) mass is 475 g/mol. The van der Waals surface area contributed by atoms with Crippen LogP contribution in [0, 0.1) is 0 Å². The van der Waals surface area contributed by atoms with Gasteiger partial charge in [-0.2, -0.15) is 0 Å². The molecular formula is C21H26IN5. The topological polar surface area (TPSA) is 79.1 Å². The van der Waals surface area contributed by atoms with E-state index in [9.17, 15) is 0 Å². The molecule has 1 aromatic heterocycles. The minimum atomic E-state index is 0. The van der Waals surface area contributed by atoms with Gasteiger partial charge in [-0.15, -0.1) is 24.0 Å². The van der Waals surface area contributed by atoms with Gasteiger partial charge in [-0.1, -0.05) is 56.3 Å². The van der Waals surface area contributed by atoms with Crippen molar-refractivity contribution in [3.05, 3.63) is 72.2 Å².